The smallest absolute Gasteiger partial charge is 0.244 e. The SMILES string of the molecule is COc1cc(C)c(C)cc1S(=O)(=O)NCC1CCN(Cc2cc(C)oc2C)CC1. The Labute approximate surface area is 174 Å². The zero-order valence-corrected chi connectivity index (χ0v) is 18.9. The minimum atomic E-state index is -3.61. The van der Waals surface area contributed by atoms with Gasteiger partial charge in [0.15, 0.2) is 0 Å². The maximum Gasteiger partial charge on any atom is 0.244 e. The van der Waals surface area contributed by atoms with E-state index in [9.17, 15) is 8.42 Å². The molecule has 6 nitrogen and oxygen atoms in total. The van der Waals surface area contributed by atoms with Gasteiger partial charge >= 0.3 is 0 Å². The van der Waals surface area contributed by atoms with E-state index in [4.69, 9.17) is 9.15 Å². The summed E-state index contributed by atoms with van der Waals surface area (Å²) < 4.78 is 39.4. The van der Waals surface area contributed by atoms with Crippen molar-refractivity contribution in [1.82, 2.24) is 9.62 Å². The van der Waals surface area contributed by atoms with E-state index in [1.54, 1.807) is 12.1 Å². The van der Waals surface area contributed by atoms with Gasteiger partial charge in [-0.2, -0.15) is 0 Å². The number of aryl methyl sites for hydroxylation is 4. The topological polar surface area (TPSA) is 71.8 Å². The highest BCUT2D eigenvalue weighted by atomic mass is 32.2. The third-order valence-electron chi connectivity index (χ3n) is 5.88. The number of benzene rings is 1. The van der Waals surface area contributed by atoms with E-state index in [1.165, 1.54) is 12.7 Å². The number of furan rings is 1. The maximum absolute atomic E-state index is 12.9. The van der Waals surface area contributed by atoms with Gasteiger partial charge in [-0.25, -0.2) is 13.1 Å². The van der Waals surface area contributed by atoms with Gasteiger partial charge in [-0.1, -0.05) is 0 Å². The molecule has 0 spiro atoms. The average molecular weight is 421 g/mol. The molecule has 160 valence electrons. The van der Waals surface area contributed by atoms with E-state index >= 15 is 0 Å². The van der Waals surface area contributed by atoms with Crippen molar-refractivity contribution in [1.29, 1.82) is 0 Å². The lowest BCUT2D eigenvalue weighted by molar-refractivity contribution is 0.178. The van der Waals surface area contributed by atoms with Crippen molar-refractivity contribution in [3.8, 4) is 5.75 Å². The lowest BCUT2D eigenvalue weighted by atomic mass is 9.97. The highest BCUT2D eigenvalue weighted by molar-refractivity contribution is 7.89. The van der Waals surface area contributed by atoms with Crippen molar-refractivity contribution in [2.45, 2.75) is 52.0 Å². The van der Waals surface area contributed by atoms with Crippen molar-refractivity contribution < 1.29 is 17.6 Å². The van der Waals surface area contributed by atoms with Crippen LogP contribution in [0.2, 0.25) is 0 Å². The van der Waals surface area contributed by atoms with Gasteiger partial charge in [0.05, 0.1) is 7.11 Å². The number of hydrogen-bond acceptors (Lipinski definition) is 5. The van der Waals surface area contributed by atoms with E-state index in [1.807, 2.05) is 27.7 Å². The van der Waals surface area contributed by atoms with Crippen LogP contribution in [0.25, 0.3) is 0 Å². The molecule has 1 saturated heterocycles. The van der Waals surface area contributed by atoms with E-state index in [-0.39, 0.29) is 4.90 Å². The summed E-state index contributed by atoms with van der Waals surface area (Å²) in [6.45, 7) is 11.1. The number of ether oxygens (including phenoxy) is 1. The van der Waals surface area contributed by atoms with Crippen LogP contribution in [-0.2, 0) is 16.6 Å². The molecule has 0 atom stereocenters. The second-order valence-corrected chi connectivity index (χ2v) is 9.83. The van der Waals surface area contributed by atoms with Gasteiger partial charge in [0, 0.05) is 18.7 Å². The van der Waals surface area contributed by atoms with Gasteiger partial charge in [-0.3, -0.25) is 4.90 Å². The Hall–Kier alpha value is -1.83. The average Bonchev–Trinajstić information content (AvgIpc) is 2.99. The molecule has 29 heavy (non-hydrogen) atoms. The molecule has 0 amide bonds. The lowest BCUT2D eigenvalue weighted by Gasteiger charge is -2.31. The predicted octanol–water partition coefficient (Wildman–Crippen LogP) is 3.71. The Morgan fingerprint density at radius 3 is 2.34 bits per heavy atom. The standard InChI is InChI=1S/C22H32N2O4S/c1-15-10-21(27-5)22(11-16(15)2)29(25,26)23-13-19-6-8-24(9-7-19)14-20-12-17(3)28-18(20)4/h10-12,19,23H,6-9,13-14H2,1-5H3. The Morgan fingerprint density at radius 2 is 1.76 bits per heavy atom. The Kier molecular flexibility index (Phi) is 6.71. The lowest BCUT2D eigenvalue weighted by Crippen LogP contribution is -2.38. The number of hydrogen-bond donors (Lipinski definition) is 1. The number of piperidine rings is 1. The first-order valence-electron chi connectivity index (χ1n) is 10.1. The summed E-state index contributed by atoms with van der Waals surface area (Å²) in [5.41, 5.74) is 3.18. The van der Waals surface area contributed by atoms with Gasteiger partial charge in [-0.05, 0) is 88.9 Å². The minimum absolute atomic E-state index is 0.214. The largest absolute Gasteiger partial charge is 0.495 e. The van der Waals surface area contributed by atoms with Crippen LogP contribution in [0.4, 0.5) is 0 Å². The Morgan fingerprint density at radius 1 is 1.10 bits per heavy atom. The van der Waals surface area contributed by atoms with Crippen LogP contribution >= 0.6 is 0 Å². The van der Waals surface area contributed by atoms with Crippen LogP contribution in [0, 0.1) is 33.6 Å². The van der Waals surface area contributed by atoms with Crippen molar-refractivity contribution >= 4 is 10.0 Å². The molecule has 1 fully saturated rings. The second-order valence-electron chi connectivity index (χ2n) is 8.10. The van der Waals surface area contributed by atoms with Gasteiger partial charge in [0.2, 0.25) is 10.0 Å². The fourth-order valence-electron chi connectivity index (χ4n) is 3.87. The summed E-state index contributed by atoms with van der Waals surface area (Å²) in [4.78, 5) is 2.63. The summed E-state index contributed by atoms with van der Waals surface area (Å²) in [5.74, 6) is 2.66. The van der Waals surface area contributed by atoms with Crippen molar-refractivity contribution in [3.05, 3.63) is 46.4 Å². The molecule has 1 N–H and O–H groups in total. The number of rotatable bonds is 7. The molecule has 0 radical (unpaired) electrons. The van der Waals surface area contributed by atoms with E-state index in [0.717, 1.165) is 55.1 Å². The minimum Gasteiger partial charge on any atom is -0.495 e. The second kappa shape index (κ2) is 8.90. The quantitative estimate of drug-likeness (QED) is 0.739. The molecule has 0 unspecified atom stereocenters. The van der Waals surface area contributed by atoms with Crippen LogP contribution in [0.1, 0.15) is 41.1 Å². The van der Waals surface area contributed by atoms with Gasteiger partial charge in [0.25, 0.3) is 0 Å². The van der Waals surface area contributed by atoms with Crippen LogP contribution in [0.5, 0.6) is 5.75 Å². The van der Waals surface area contributed by atoms with E-state index in [2.05, 4.69) is 15.7 Å². The van der Waals surface area contributed by atoms with Crippen molar-refractivity contribution in [2.75, 3.05) is 26.7 Å². The van der Waals surface area contributed by atoms with Crippen molar-refractivity contribution in [2.24, 2.45) is 5.92 Å². The molecule has 3 rings (SSSR count). The van der Waals surface area contributed by atoms with E-state index < -0.39 is 10.0 Å². The number of methoxy groups -OCH3 is 1. The third kappa shape index (κ3) is 5.21. The first-order valence-corrected chi connectivity index (χ1v) is 11.6. The molecule has 1 aliphatic heterocycles. The van der Waals surface area contributed by atoms with Crippen LogP contribution in [0.15, 0.2) is 27.5 Å². The molecule has 0 bridgehead atoms. The molecule has 0 aliphatic carbocycles. The van der Waals surface area contributed by atoms with Gasteiger partial charge in [0.1, 0.15) is 22.2 Å². The zero-order chi connectivity index (χ0) is 21.2. The first-order chi connectivity index (χ1) is 13.7. The summed E-state index contributed by atoms with van der Waals surface area (Å²) in [6, 6.07) is 5.57. The van der Waals surface area contributed by atoms with Gasteiger partial charge in [-0.15, -0.1) is 0 Å². The normalized spacial score (nSPS) is 16.3. The molecule has 1 aliphatic rings. The molecule has 1 aromatic carbocycles. The fraction of sp³-hybridized carbons (Fsp3) is 0.545. The molecule has 7 heteroatoms. The molecular weight excluding hydrogens is 388 g/mol. The highest BCUT2D eigenvalue weighted by Crippen LogP contribution is 2.28. The number of nitrogens with one attached hydrogen (secondary N) is 1. The molecular formula is C22H32N2O4S. The third-order valence-corrected chi connectivity index (χ3v) is 7.32. The number of sulfonamides is 1. The van der Waals surface area contributed by atoms with Crippen LogP contribution in [-0.4, -0.2) is 40.1 Å². The molecule has 2 aromatic rings. The van der Waals surface area contributed by atoms with E-state index in [0.29, 0.717) is 18.2 Å². The summed E-state index contributed by atoms with van der Waals surface area (Å²) in [7, 11) is -2.11. The summed E-state index contributed by atoms with van der Waals surface area (Å²) in [6.07, 6.45) is 1.95. The summed E-state index contributed by atoms with van der Waals surface area (Å²) >= 11 is 0. The monoisotopic (exact) mass is 420 g/mol. The molecule has 2 heterocycles. The maximum atomic E-state index is 12.9. The van der Waals surface area contributed by atoms with Crippen molar-refractivity contribution in [3.63, 3.8) is 0 Å². The van der Waals surface area contributed by atoms with Crippen LogP contribution in [0.3, 0.4) is 0 Å². The van der Waals surface area contributed by atoms with Gasteiger partial charge < -0.3 is 9.15 Å². The fourth-order valence-corrected chi connectivity index (χ4v) is 5.22. The number of likely N-dealkylation sites (tertiary alicyclic amines) is 1. The van der Waals surface area contributed by atoms with Crippen LogP contribution < -0.4 is 9.46 Å². The Balaban J connectivity index is 1.56. The first kappa shape index (κ1) is 21.9. The molecule has 1 aromatic heterocycles. The Bertz CT molecular complexity index is 957. The predicted molar refractivity (Wildman–Crippen MR) is 114 cm³/mol. The zero-order valence-electron chi connectivity index (χ0n) is 18.0. The molecule has 0 saturated carbocycles. The number of nitrogens with zero attached hydrogens (tertiary/aromatic N) is 1. The summed E-state index contributed by atoms with van der Waals surface area (Å²) in [5, 5.41) is 0. The highest BCUT2D eigenvalue weighted by Gasteiger charge is 2.25.